The summed E-state index contributed by atoms with van der Waals surface area (Å²) in [6.45, 7) is 8.22. The van der Waals surface area contributed by atoms with E-state index in [1.165, 1.54) is 5.56 Å². The highest BCUT2D eigenvalue weighted by Gasteiger charge is 2.18. The first-order chi connectivity index (χ1) is 9.72. The van der Waals surface area contributed by atoms with Gasteiger partial charge in [-0.15, -0.1) is 0 Å². The van der Waals surface area contributed by atoms with Crippen LogP contribution >= 0.6 is 0 Å². The van der Waals surface area contributed by atoms with Crippen molar-refractivity contribution in [3.05, 3.63) is 41.9 Å². The fourth-order valence-electron chi connectivity index (χ4n) is 2.70. The summed E-state index contributed by atoms with van der Waals surface area (Å²) in [5.41, 5.74) is 2.34. The SMILES string of the molecule is Cc1ccccc1-c1cnc(CN2CCN[C@@H](C)C2)o1. The summed E-state index contributed by atoms with van der Waals surface area (Å²) in [6.07, 6.45) is 1.84. The van der Waals surface area contributed by atoms with E-state index in [1.807, 2.05) is 18.3 Å². The summed E-state index contributed by atoms with van der Waals surface area (Å²) in [7, 11) is 0. The fraction of sp³-hybridized carbons (Fsp3) is 0.438. The maximum atomic E-state index is 5.92. The van der Waals surface area contributed by atoms with Crippen molar-refractivity contribution < 1.29 is 4.42 Å². The molecule has 2 aromatic rings. The van der Waals surface area contributed by atoms with Crippen molar-refractivity contribution in [3.63, 3.8) is 0 Å². The van der Waals surface area contributed by atoms with E-state index in [-0.39, 0.29) is 0 Å². The lowest BCUT2D eigenvalue weighted by Gasteiger charge is -2.30. The van der Waals surface area contributed by atoms with E-state index in [9.17, 15) is 0 Å². The summed E-state index contributed by atoms with van der Waals surface area (Å²) in [6, 6.07) is 8.78. The molecule has 0 bridgehead atoms. The number of nitrogens with one attached hydrogen (secondary N) is 1. The predicted molar refractivity (Wildman–Crippen MR) is 79.4 cm³/mol. The van der Waals surface area contributed by atoms with Crippen LogP contribution in [0.5, 0.6) is 0 Å². The topological polar surface area (TPSA) is 41.3 Å². The minimum Gasteiger partial charge on any atom is -0.439 e. The van der Waals surface area contributed by atoms with Crippen LogP contribution in [0.4, 0.5) is 0 Å². The highest BCUT2D eigenvalue weighted by atomic mass is 16.4. The normalized spacial score (nSPS) is 20.2. The van der Waals surface area contributed by atoms with Gasteiger partial charge in [-0.25, -0.2) is 4.98 Å². The molecule has 0 saturated carbocycles. The largest absolute Gasteiger partial charge is 0.439 e. The van der Waals surface area contributed by atoms with Gasteiger partial charge < -0.3 is 9.73 Å². The fourth-order valence-corrected chi connectivity index (χ4v) is 2.70. The van der Waals surface area contributed by atoms with Crippen molar-refractivity contribution in [2.45, 2.75) is 26.4 Å². The summed E-state index contributed by atoms with van der Waals surface area (Å²) in [5, 5.41) is 3.44. The quantitative estimate of drug-likeness (QED) is 0.931. The average Bonchev–Trinajstić information content (AvgIpc) is 2.87. The van der Waals surface area contributed by atoms with Gasteiger partial charge in [0.1, 0.15) is 0 Å². The van der Waals surface area contributed by atoms with Gasteiger partial charge in [0, 0.05) is 31.2 Å². The molecular formula is C16H21N3O. The van der Waals surface area contributed by atoms with Crippen molar-refractivity contribution >= 4 is 0 Å². The smallest absolute Gasteiger partial charge is 0.209 e. The van der Waals surface area contributed by atoms with Gasteiger partial charge in [0.05, 0.1) is 12.7 Å². The second-order valence-electron chi connectivity index (χ2n) is 5.52. The lowest BCUT2D eigenvalue weighted by Crippen LogP contribution is -2.48. The molecule has 0 amide bonds. The summed E-state index contributed by atoms with van der Waals surface area (Å²) < 4.78 is 5.92. The highest BCUT2D eigenvalue weighted by Crippen LogP contribution is 2.24. The Morgan fingerprint density at radius 3 is 3.05 bits per heavy atom. The molecule has 1 aromatic carbocycles. The van der Waals surface area contributed by atoms with Crippen LogP contribution in [-0.2, 0) is 6.54 Å². The Bertz CT molecular complexity index is 579. The number of hydrogen-bond donors (Lipinski definition) is 1. The third-order valence-corrected chi connectivity index (χ3v) is 3.78. The number of nitrogens with zero attached hydrogens (tertiary/aromatic N) is 2. The Morgan fingerprint density at radius 1 is 1.40 bits per heavy atom. The zero-order valence-electron chi connectivity index (χ0n) is 12.1. The molecule has 0 unspecified atom stereocenters. The molecule has 1 aromatic heterocycles. The van der Waals surface area contributed by atoms with Gasteiger partial charge in [-0.2, -0.15) is 0 Å². The summed E-state index contributed by atoms with van der Waals surface area (Å²) in [5.74, 6) is 1.67. The minimum absolute atomic E-state index is 0.537. The zero-order valence-corrected chi connectivity index (χ0v) is 12.1. The van der Waals surface area contributed by atoms with Crippen molar-refractivity contribution in [2.75, 3.05) is 19.6 Å². The molecule has 0 spiro atoms. The third kappa shape index (κ3) is 2.92. The van der Waals surface area contributed by atoms with Gasteiger partial charge in [0.25, 0.3) is 0 Å². The van der Waals surface area contributed by atoms with Gasteiger partial charge in [0.15, 0.2) is 5.76 Å². The maximum absolute atomic E-state index is 5.92. The number of rotatable bonds is 3. The molecule has 1 fully saturated rings. The van der Waals surface area contributed by atoms with E-state index in [0.717, 1.165) is 43.4 Å². The van der Waals surface area contributed by atoms with E-state index >= 15 is 0 Å². The Balaban J connectivity index is 1.72. The van der Waals surface area contributed by atoms with Crippen LogP contribution in [-0.4, -0.2) is 35.6 Å². The number of hydrogen-bond acceptors (Lipinski definition) is 4. The van der Waals surface area contributed by atoms with Gasteiger partial charge in [-0.3, -0.25) is 4.90 Å². The second kappa shape index (κ2) is 5.77. The van der Waals surface area contributed by atoms with Crippen LogP contribution in [0, 0.1) is 6.92 Å². The summed E-state index contributed by atoms with van der Waals surface area (Å²) >= 11 is 0. The molecule has 1 atom stereocenters. The third-order valence-electron chi connectivity index (χ3n) is 3.78. The molecule has 1 aliphatic rings. The molecule has 1 saturated heterocycles. The Labute approximate surface area is 119 Å². The molecular weight excluding hydrogens is 250 g/mol. The standard InChI is InChI=1S/C16H21N3O/c1-12-5-3-4-6-14(12)15-9-18-16(20-15)11-19-8-7-17-13(2)10-19/h3-6,9,13,17H,7-8,10-11H2,1-2H3/t13-/m0/s1. The Morgan fingerprint density at radius 2 is 2.25 bits per heavy atom. The van der Waals surface area contributed by atoms with Crippen LogP contribution < -0.4 is 5.32 Å². The van der Waals surface area contributed by atoms with E-state index in [4.69, 9.17) is 4.42 Å². The van der Waals surface area contributed by atoms with Gasteiger partial charge in [-0.05, 0) is 19.4 Å². The molecule has 20 heavy (non-hydrogen) atoms. The molecule has 1 N–H and O–H groups in total. The van der Waals surface area contributed by atoms with E-state index in [0.29, 0.717) is 6.04 Å². The van der Waals surface area contributed by atoms with Crippen LogP contribution in [0.15, 0.2) is 34.9 Å². The van der Waals surface area contributed by atoms with Crippen molar-refractivity contribution in [1.29, 1.82) is 0 Å². The summed E-state index contributed by atoms with van der Waals surface area (Å²) in [4.78, 5) is 6.81. The molecule has 3 rings (SSSR count). The number of oxazole rings is 1. The predicted octanol–water partition coefficient (Wildman–Crippen LogP) is 2.44. The number of aromatic nitrogens is 1. The second-order valence-corrected chi connectivity index (χ2v) is 5.52. The first-order valence-corrected chi connectivity index (χ1v) is 7.19. The molecule has 1 aliphatic heterocycles. The van der Waals surface area contributed by atoms with E-state index in [1.54, 1.807) is 0 Å². The van der Waals surface area contributed by atoms with Gasteiger partial charge in [0.2, 0.25) is 5.89 Å². The lowest BCUT2D eigenvalue weighted by molar-refractivity contribution is 0.184. The first-order valence-electron chi connectivity index (χ1n) is 7.19. The van der Waals surface area contributed by atoms with Gasteiger partial charge >= 0.3 is 0 Å². The number of aryl methyl sites for hydroxylation is 1. The van der Waals surface area contributed by atoms with E-state index < -0.39 is 0 Å². The highest BCUT2D eigenvalue weighted by molar-refractivity contribution is 5.60. The molecule has 4 heteroatoms. The maximum Gasteiger partial charge on any atom is 0.209 e. The van der Waals surface area contributed by atoms with Gasteiger partial charge in [-0.1, -0.05) is 24.3 Å². The Hall–Kier alpha value is -1.65. The lowest BCUT2D eigenvalue weighted by atomic mass is 10.1. The zero-order chi connectivity index (χ0) is 13.9. The first kappa shape index (κ1) is 13.3. The molecule has 0 aliphatic carbocycles. The van der Waals surface area contributed by atoms with E-state index in [2.05, 4.69) is 41.2 Å². The number of piperazine rings is 1. The van der Waals surface area contributed by atoms with Crippen LogP contribution in [0.2, 0.25) is 0 Å². The van der Waals surface area contributed by atoms with Crippen LogP contribution in [0.25, 0.3) is 11.3 Å². The monoisotopic (exact) mass is 271 g/mol. The van der Waals surface area contributed by atoms with Crippen molar-refractivity contribution in [1.82, 2.24) is 15.2 Å². The number of benzene rings is 1. The van der Waals surface area contributed by atoms with Crippen LogP contribution in [0.3, 0.4) is 0 Å². The van der Waals surface area contributed by atoms with Crippen LogP contribution in [0.1, 0.15) is 18.4 Å². The molecule has 2 heterocycles. The molecule has 0 radical (unpaired) electrons. The molecule has 4 nitrogen and oxygen atoms in total. The Kier molecular flexibility index (Phi) is 3.85. The molecule has 106 valence electrons. The average molecular weight is 271 g/mol. The minimum atomic E-state index is 0.537. The van der Waals surface area contributed by atoms with Crippen molar-refractivity contribution in [2.24, 2.45) is 0 Å². The van der Waals surface area contributed by atoms with Crippen molar-refractivity contribution in [3.8, 4) is 11.3 Å².